The van der Waals surface area contributed by atoms with Crippen LogP contribution in [-0.4, -0.2) is 11.8 Å². The summed E-state index contributed by atoms with van der Waals surface area (Å²) in [4.78, 5) is 24.1. The normalized spacial score (nSPS) is 9.50. The average Bonchev–Trinajstić information content (AvgIpc) is 2.59. The SMILES string of the molecule is CC.CCCC(=O)Nc1ccccc1C(=O)Nc1ccc(Cl)cc1. The van der Waals surface area contributed by atoms with Gasteiger partial charge in [0.25, 0.3) is 5.91 Å². The molecule has 0 aliphatic carbocycles. The van der Waals surface area contributed by atoms with Crippen molar-refractivity contribution in [1.82, 2.24) is 0 Å². The first kappa shape index (κ1) is 19.7. The van der Waals surface area contributed by atoms with Crippen molar-refractivity contribution in [2.45, 2.75) is 33.6 Å². The predicted octanol–water partition coefficient (Wildman–Crippen LogP) is 5.36. The number of anilines is 2. The van der Waals surface area contributed by atoms with Gasteiger partial charge in [0.1, 0.15) is 0 Å². The lowest BCUT2D eigenvalue weighted by molar-refractivity contribution is -0.116. The van der Waals surface area contributed by atoms with E-state index >= 15 is 0 Å². The molecule has 128 valence electrons. The molecule has 0 saturated carbocycles. The number of carbonyl (C=O) groups excluding carboxylic acids is 2. The van der Waals surface area contributed by atoms with E-state index in [1.54, 1.807) is 48.5 Å². The van der Waals surface area contributed by atoms with Gasteiger partial charge in [0.2, 0.25) is 5.91 Å². The maximum absolute atomic E-state index is 12.4. The molecule has 4 nitrogen and oxygen atoms in total. The molecule has 0 aliphatic rings. The standard InChI is InChI=1S/C17H17ClN2O2.C2H6/c1-2-5-16(21)20-15-7-4-3-6-14(15)17(22)19-13-10-8-12(18)9-11-13;1-2/h3-4,6-11H,2,5H2,1H3,(H,19,22)(H,20,21);1-2H3. The lowest BCUT2D eigenvalue weighted by Gasteiger charge is -2.11. The minimum absolute atomic E-state index is 0.103. The van der Waals surface area contributed by atoms with Crippen molar-refractivity contribution in [2.75, 3.05) is 10.6 Å². The van der Waals surface area contributed by atoms with Crippen LogP contribution in [0.15, 0.2) is 48.5 Å². The van der Waals surface area contributed by atoms with Crippen LogP contribution in [0.1, 0.15) is 44.0 Å². The molecule has 5 heteroatoms. The van der Waals surface area contributed by atoms with E-state index in [0.29, 0.717) is 28.4 Å². The van der Waals surface area contributed by atoms with Gasteiger partial charge < -0.3 is 10.6 Å². The molecule has 2 aromatic carbocycles. The Bertz CT molecular complexity index is 669. The third-order valence-electron chi connectivity index (χ3n) is 3.02. The van der Waals surface area contributed by atoms with Crippen molar-refractivity contribution in [2.24, 2.45) is 0 Å². The highest BCUT2D eigenvalue weighted by molar-refractivity contribution is 6.30. The number of carbonyl (C=O) groups is 2. The monoisotopic (exact) mass is 346 g/mol. The van der Waals surface area contributed by atoms with E-state index < -0.39 is 0 Å². The molecule has 0 radical (unpaired) electrons. The van der Waals surface area contributed by atoms with E-state index in [2.05, 4.69) is 10.6 Å². The van der Waals surface area contributed by atoms with Gasteiger partial charge in [-0.3, -0.25) is 9.59 Å². The van der Waals surface area contributed by atoms with Gasteiger partial charge in [0.05, 0.1) is 11.3 Å². The van der Waals surface area contributed by atoms with E-state index in [0.717, 1.165) is 6.42 Å². The van der Waals surface area contributed by atoms with Crippen molar-refractivity contribution in [3.05, 3.63) is 59.1 Å². The van der Waals surface area contributed by atoms with Crippen molar-refractivity contribution in [1.29, 1.82) is 0 Å². The van der Waals surface area contributed by atoms with Gasteiger partial charge in [0, 0.05) is 17.1 Å². The summed E-state index contributed by atoms with van der Waals surface area (Å²) in [6.07, 6.45) is 1.18. The van der Waals surface area contributed by atoms with Crippen LogP contribution >= 0.6 is 11.6 Å². The first-order chi connectivity index (χ1) is 11.6. The Labute approximate surface area is 148 Å². The molecule has 24 heavy (non-hydrogen) atoms. The van der Waals surface area contributed by atoms with E-state index in [-0.39, 0.29) is 11.8 Å². The molecule has 0 bridgehead atoms. The zero-order valence-electron chi connectivity index (χ0n) is 14.2. The van der Waals surface area contributed by atoms with Crippen LogP contribution in [0.3, 0.4) is 0 Å². The first-order valence-electron chi connectivity index (χ1n) is 8.06. The molecule has 0 fully saturated rings. The van der Waals surface area contributed by atoms with Gasteiger partial charge in [0.15, 0.2) is 0 Å². The molecule has 0 atom stereocenters. The Morgan fingerprint density at radius 2 is 1.58 bits per heavy atom. The Balaban J connectivity index is 0.00000139. The number of halogens is 1. The highest BCUT2D eigenvalue weighted by Crippen LogP contribution is 2.19. The average molecular weight is 347 g/mol. The Morgan fingerprint density at radius 3 is 2.21 bits per heavy atom. The zero-order chi connectivity index (χ0) is 17.9. The molecule has 2 N–H and O–H groups in total. The number of hydrogen-bond acceptors (Lipinski definition) is 2. The van der Waals surface area contributed by atoms with Crippen LogP contribution < -0.4 is 10.6 Å². The first-order valence-corrected chi connectivity index (χ1v) is 8.43. The number of nitrogens with one attached hydrogen (secondary N) is 2. The van der Waals surface area contributed by atoms with Gasteiger partial charge in [-0.25, -0.2) is 0 Å². The second-order valence-corrected chi connectivity index (χ2v) is 5.24. The van der Waals surface area contributed by atoms with Gasteiger partial charge in [-0.05, 0) is 42.8 Å². The molecule has 0 aliphatic heterocycles. The minimum Gasteiger partial charge on any atom is -0.325 e. The largest absolute Gasteiger partial charge is 0.325 e. The van der Waals surface area contributed by atoms with Crippen LogP contribution in [-0.2, 0) is 4.79 Å². The summed E-state index contributed by atoms with van der Waals surface area (Å²) >= 11 is 5.82. The molecule has 0 heterocycles. The van der Waals surface area contributed by atoms with Crippen molar-refractivity contribution in [3.8, 4) is 0 Å². The van der Waals surface area contributed by atoms with E-state index in [1.807, 2.05) is 20.8 Å². The molecule has 0 aromatic heterocycles. The summed E-state index contributed by atoms with van der Waals surface area (Å²) in [6, 6.07) is 13.8. The number of amides is 2. The number of para-hydroxylation sites is 1. The predicted molar refractivity (Wildman–Crippen MR) is 101 cm³/mol. The van der Waals surface area contributed by atoms with Crippen LogP contribution in [0.25, 0.3) is 0 Å². The minimum atomic E-state index is -0.283. The lowest BCUT2D eigenvalue weighted by atomic mass is 10.1. The molecule has 2 aromatic rings. The topological polar surface area (TPSA) is 58.2 Å². The van der Waals surface area contributed by atoms with Crippen LogP contribution in [0.4, 0.5) is 11.4 Å². The summed E-state index contributed by atoms with van der Waals surface area (Å²) in [5.74, 6) is -0.385. The Kier molecular flexibility index (Phi) is 8.58. The number of benzene rings is 2. The maximum Gasteiger partial charge on any atom is 0.257 e. The molecular weight excluding hydrogens is 324 g/mol. The van der Waals surface area contributed by atoms with Crippen molar-refractivity contribution in [3.63, 3.8) is 0 Å². The fourth-order valence-electron chi connectivity index (χ4n) is 1.96. The summed E-state index contributed by atoms with van der Waals surface area (Å²) in [5, 5.41) is 6.15. The van der Waals surface area contributed by atoms with Crippen LogP contribution in [0.5, 0.6) is 0 Å². The highest BCUT2D eigenvalue weighted by atomic mass is 35.5. The Hall–Kier alpha value is -2.33. The van der Waals surface area contributed by atoms with Gasteiger partial charge in [-0.15, -0.1) is 0 Å². The Morgan fingerprint density at radius 1 is 0.958 bits per heavy atom. The highest BCUT2D eigenvalue weighted by Gasteiger charge is 2.13. The summed E-state index contributed by atoms with van der Waals surface area (Å²) < 4.78 is 0. The molecule has 0 spiro atoms. The van der Waals surface area contributed by atoms with Gasteiger partial charge in [-0.2, -0.15) is 0 Å². The van der Waals surface area contributed by atoms with Gasteiger partial charge in [-0.1, -0.05) is 44.5 Å². The van der Waals surface area contributed by atoms with E-state index in [9.17, 15) is 9.59 Å². The van der Waals surface area contributed by atoms with Crippen molar-refractivity contribution >= 4 is 34.8 Å². The van der Waals surface area contributed by atoms with Crippen LogP contribution in [0, 0.1) is 0 Å². The van der Waals surface area contributed by atoms with Gasteiger partial charge >= 0.3 is 0 Å². The molecule has 0 unspecified atom stereocenters. The summed E-state index contributed by atoms with van der Waals surface area (Å²) in [7, 11) is 0. The molecule has 0 saturated heterocycles. The smallest absolute Gasteiger partial charge is 0.257 e. The third kappa shape index (κ3) is 6.05. The quantitative estimate of drug-likeness (QED) is 0.765. The van der Waals surface area contributed by atoms with Crippen LogP contribution in [0.2, 0.25) is 5.02 Å². The number of rotatable bonds is 5. The van der Waals surface area contributed by atoms with Crippen molar-refractivity contribution < 1.29 is 9.59 Å². The molecular formula is C19H23ClN2O2. The third-order valence-corrected chi connectivity index (χ3v) is 3.28. The fourth-order valence-corrected chi connectivity index (χ4v) is 2.09. The second-order valence-electron chi connectivity index (χ2n) is 4.80. The molecule has 2 amide bonds. The van der Waals surface area contributed by atoms with E-state index in [4.69, 9.17) is 11.6 Å². The fraction of sp³-hybridized carbons (Fsp3) is 0.263. The lowest BCUT2D eigenvalue weighted by Crippen LogP contribution is -2.17. The molecule has 2 rings (SSSR count). The zero-order valence-corrected chi connectivity index (χ0v) is 15.0. The summed E-state index contributed by atoms with van der Waals surface area (Å²) in [5.41, 5.74) is 1.57. The maximum atomic E-state index is 12.4. The summed E-state index contributed by atoms with van der Waals surface area (Å²) in [6.45, 7) is 5.93. The van der Waals surface area contributed by atoms with E-state index in [1.165, 1.54) is 0 Å². The second kappa shape index (κ2) is 10.4. The number of hydrogen-bond donors (Lipinski definition) is 2.